The molecule has 3 aromatic rings. The van der Waals surface area contributed by atoms with Crippen molar-refractivity contribution in [2.24, 2.45) is 0 Å². The molecule has 6 heteroatoms. The highest BCUT2D eigenvalue weighted by atomic mass is 35.5. The predicted molar refractivity (Wildman–Crippen MR) is 86.7 cm³/mol. The second kappa shape index (κ2) is 5.47. The SMILES string of the molecule is CCOc1cccc2c1nc(N)n2-c1cc(Cl)ccc1Cl. The van der Waals surface area contributed by atoms with E-state index in [1.807, 2.05) is 25.1 Å². The lowest BCUT2D eigenvalue weighted by Gasteiger charge is -2.09. The maximum absolute atomic E-state index is 6.27. The quantitative estimate of drug-likeness (QED) is 0.781. The molecule has 0 unspecified atom stereocenters. The lowest BCUT2D eigenvalue weighted by atomic mass is 10.2. The summed E-state index contributed by atoms with van der Waals surface area (Å²) in [5.74, 6) is 1.03. The lowest BCUT2D eigenvalue weighted by molar-refractivity contribution is 0.344. The van der Waals surface area contributed by atoms with Crippen molar-refractivity contribution in [2.45, 2.75) is 6.92 Å². The van der Waals surface area contributed by atoms with E-state index < -0.39 is 0 Å². The number of rotatable bonds is 3. The summed E-state index contributed by atoms with van der Waals surface area (Å²) in [6, 6.07) is 10.9. The molecule has 0 spiro atoms. The number of ether oxygens (including phenoxy) is 1. The first-order valence-electron chi connectivity index (χ1n) is 6.47. The van der Waals surface area contributed by atoms with Gasteiger partial charge in [0.05, 0.1) is 22.8 Å². The van der Waals surface area contributed by atoms with Gasteiger partial charge in [-0.3, -0.25) is 4.57 Å². The number of fused-ring (bicyclic) bond motifs is 1. The Morgan fingerprint density at radius 1 is 1.24 bits per heavy atom. The number of nitrogen functional groups attached to an aromatic ring is 1. The first-order valence-corrected chi connectivity index (χ1v) is 7.22. The Bertz CT molecular complexity index is 814. The fraction of sp³-hybridized carbons (Fsp3) is 0.133. The number of aromatic nitrogens is 2. The molecule has 0 aliphatic heterocycles. The van der Waals surface area contributed by atoms with E-state index in [-0.39, 0.29) is 0 Å². The Hall–Kier alpha value is -1.91. The molecule has 0 bridgehead atoms. The number of nitrogens with zero attached hydrogens (tertiary/aromatic N) is 2. The summed E-state index contributed by atoms with van der Waals surface area (Å²) >= 11 is 12.3. The van der Waals surface area contributed by atoms with Gasteiger partial charge in [0.15, 0.2) is 0 Å². The van der Waals surface area contributed by atoms with Crippen molar-refractivity contribution in [1.29, 1.82) is 0 Å². The van der Waals surface area contributed by atoms with Gasteiger partial charge < -0.3 is 10.5 Å². The molecule has 2 N–H and O–H groups in total. The van der Waals surface area contributed by atoms with Crippen molar-refractivity contribution in [3.63, 3.8) is 0 Å². The standard InChI is InChI=1S/C15H13Cl2N3O/c1-2-21-13-5-3-4-11-14(13)19-15(18)20(11)12-8-9(16)6-7-10(12)17/h3-8H,2H2,1H3,(H2,18,19). The fourth-order valence-electron chi connectivity index (χ4n) is 2.27. The van der Waals surface area contributed by atoms with Crippen LogP contribution >= 0.6 is 23.2 Å². The largest absolute Gasteiger partial charge is 0.492 e. The maximum atomic E-state index is 6.27. The van der Waals surface area contributed by atoms with Crippen LogP contribution in [0.5, 0.6) is 5.75 Å². The number of hydrogen-bond acceptors (Lipinski definition) is 3. The Labute approximate surface area is 132 Å². The molecule has 0 radical (unpaired) electrons. The van der Waals surface area contributed by atoms with E-state index in [1.165, 1.54) is 0 Å². The average Bonchev–Trinajstić information content (AvgIpc) is 2.79. The van der Waals surface area contributed by atoms with Gasteiger partial charge in [-0.15, -0.1) is 0 Å². The van der Waals surface area contributed by atoms with Crippen molar-refractivity contribution < 1.29 is 4.74 Å². The number of benzene rings is 2. The van der Waals surface area contributed by atoms with Gasteiger partial charge in [0.1, 0.15) is 11.3 Å². The highest BCUT2D eigenvalue weighted by Gasteiger charge is 2.15. The van der Waals surface area contributed by atoms with Crippen LogP contribution in [0.1, 0.15) is 6.92 Å². The van der Waals surface area contributed by atoms with Gasteiger partial charge in [-0.05, 0) is 37.3 Å². The molecular weight excluding hydrogens is 309 g/mol. The zero-order chi connectivity index (χ0) is 15.0. The molecule has 0 amide bonds. The van der Waals surface area contributed by atoms with Gasteiger partial charge in [-0.25, -0.2) is 4.98 Å². The third-order valence-electron chi connectivity index (χ3n) is 3.12. The van der Waals surface area contributed by atoms with Crippen LogP contribution in [-0.2, 0) is 0 Å². The molecule has 0 saturated carbocycles. The van der Waals surface area contributed by atoms with Crippen molar-refractivity contribution in [3.8, 4) is 11.4 Å². The summed E-state index contributed by atoms with van der Waals surface area (Å²) in [7, 11) is 0. The van der Waals surface area contributed by atoms with Gasteiger partial charge in [0.25, 0.3) is 0 Å². The molecule has 108 valence electrons. The monoisotopic (exact) mass is 321 g/mol. The Morgan fingerprint density at radius 2 is 2.05 bits per heavy atom. The molecule has 0 atom stereocenters. The van der Waals surface area contributed by atoms with E-state index in [9.17, 15) is 0 Å². The highest BCUT2D eigenvalue weighted by Crippen LogP contribution is 2.33. The Balaban J connectivity index is 2.30. The van der Waals surface area contributed by atoms with Crippen LogP contribution in [0.3, 0.4) is 0 Å². The first-order chi connectivity index (χ1) is 10.1. The number of anilines is 1. The molecule has 4 nitrogen and oxygen atoms in total. The summed E-state index contributed by atoms with van der Waals surface area (Å²) in [5, 5.41) is 1.13. The molecule has 0 fully saturated rings. The second-order valence-corrected chi connectivity index (χ2v) is 5.30. The number of hydrogen-bond donors (Lipinski definition) is 1. The first kappa shape index (κ1) is 14.0. The minimum absolute atomic E-state index is 0.335. The summed E-state index contributed by atoms with van der Waals surface area (Å²) in [6.45, 7) is 2.48. The molecule has 0 saturated heterocycles. The van der Waals surface area contributed by atoms with Crippen LogP contribution in [0.4, 0.5) is 5.95 Å². The summed E-state index contributed by atoms with van der Waals surface area (Å²) in [4.78, 5) is 4.39. The molecule has 3 rings (SSSR count). The van der Waals surface area contributed by atoms with Crippen molar-refractivity contribution in [2.75, 3.05) is 12.3 Å². The number of para-hydroxylation sites is 1. The van der Waals surface area contributed by atoms with Crippen molar-refractivity contribution in [3.05, 3.63) is 46.4 Å². The maximum Gasteiger partial charge on any atom is 0.206 e. The van der Waals surface area contributed by atoms with Crippen molar-refractivity contribution in [1.82, 2.24) is 9.55 Å². The number of imidazole rings is 1. The van der Waals surface area contributed by atoms with Gasteiger partial charge >= 0.3 is 0 Å². The van der Waals surface area contributed by atoms with Gasteiger partial charge in [-0.2, -0.15) is 0 Å². The topological polar surface area (TPSA) is 53.1 Å². The molecule has 1 aromatic heterocycles. The van der Waals surface area contributed by atoms with Crippen LogP contribution in [0, 0.1) is 0 Å². The summed E-state index contributed by atoms with van der Waals surface area (Å²) < 4.78 is 7.36. The van der Waals surface area contributed by atoms with Gasteiger partial charge in [0.2, 0.25) is 5.95 Å². The van der Waals surface area contributed by atoms with Crippen LogP contribution in [-0.4, -0.2) is 16.2 Å². The van der Waals surface area contributed by atoms with E-state index in [4.69, 9.17) is 33.7 Å². The van der Waals surface area contributed by atoms with E-state index in [1.54, 1.807) is 22.8 Å². The predicted octanol–water partition coefficient (Wildman–Crippen LogP) is 4.31. The fourth-order valence-corrected chi connectivity index (χ4v) is 2.64. The lowest BCUT2D eigenvalue weighted by Crippen LogP contribution is -2.01. The molecule has 0 aliphatic carbocycles. The third-order valence-corrected chi connectivity index (χ3v) is 3.68. The molecule has 0 aliphatic rings. The minimum Gasteiger partial charge on any atom is -0.492 e. The van der Waals surface area contributed by atoms with Crippen LogP contribution < -0.4 is 10.5 Å². The molecule has 21 heavy (non-hydrogen) atoms. The number of halogens is 2. The molecule has 1 heterocycles. The van der Waals surface area contributed by atoms with Crippen LogP contribution in [0.25, 0.3) is 16.7 Å². The summed E-state index contributed by atoms with van der Waals surface area (Å²) in [6.07, 6.45) is 0. The van der Waals surface area contributed by atoms with E-state index in [0.717, 1.165) is 5.52 Å². The molecular formula is C15H13Cl2N3O. The van der Waals surface area contributed by atoms with Crippen molar-refractivity contribution >= 4 is 40.2 Å². The summed E-state index contributed by atoms with van der Waals surface area (Å²) in [5.41, 5.74) is 8.28. The zero-order valence-corrected chi connectivity index (χ0v) is 12.8. The normalized spacial score (nSPS) is 11.0. The smallest absolute Gasteiger partial charge is 0.206 e. The Morgan fingerprint density at radius 3 is 2.81 bits per heavy atom. The minimum atomic E-state index is 0.335. The van der Waals surface area contributed by atoms with Crippen LogP contribution in [0.15, 0.2) is 36.4 Å². The van der Waals surface area contributed by atoms with E-state index >= 15 is 0 Å². The van der Waals surface area contributed by atoms with E-state index in [0.29, 0.717) is 39.6 Å². The van der Waals surface area contributed by atoms with Gasteiger partial charge in [0, 0.05) is 5.02 Å². The highest BCUT2D eigenvalue weighted by molar-refractivity contribution is 6.34. The second-order valence-electron chi connectivity index (χ2n) is 4.46. The molecule has 2 aromatic carbocycles. The van der Waals surface area contributed by atoms with Gasteiger partial charge in [-0.1, -0.05) is 29.3 Å². The zero-order valence-electron chi connectivity index (χ0n) is 11.3. The number of nitrogens with two attached hydrogens (primary N) is 1. The Kier molecular flexibility index (Phi) is 3.66. The van der Waals surface area contributed by atoms with Crippen LogP contribution in [0.2, 0.25) is 10.0 Å². The average molecular weight is 322 g/mol. The van der Waals surface area contributed by atoms with E-state index in [2.05, 4.69) is 4.98 Å². The third kappa shape index (κ3) is 2.41.